The second kappa shape index (κ2) is 9.75. The molecule has 28 heavy (non-hydrogen) atoms. The maximum atomic E-state index is 12.1. The molecule has 0 radical (unpaired) electrons. The van der Waals surface area contributed by atoms with Crippen molar-refractivity contribution in [3.63, 3.8) is 0 Å². The minimum absolute atomic E-state index is 0.0738. The summed E-state index contributed by atoms with van der Waals surface area (Å²) in [7, 11) is 0. The molecule has 2 aromatic rings. The van der Waals surface area contributed by atoms with Gasteiger partial charge in [0.05, 0.1) is 0 Å². The number of carboxylic acid groups (broad SMARTS) is 1. The number of ether oxygens (including phenoxy) is 1. The molecule has 0 saturated heterocycles. The molecule has 3 rings (SSSR count). The van der Waals surface area contributed by atoms with Crippen LogP contribution in [0.3, 0.4) is 0 Å². The summed E-state index contributed by atoms with van der Waals surface area (Å²) >= 11 is 4.01. The third-order valence-electron chi connectivity index (χ3n) is 5.05. The molecule has 1 atom stereocenters. The Hall–Kier alpha value is -2.31. The number of carboxylic acids is 1. The van der Waals surface area contributed by atoms with Crippen LogP contribution in [-0.4, -0.2) is 42.0 Å². The van der Waals surface area contributed by atoms with E-state index in [4.69, 9.17) is 9.84 Å². The maximum absolute atomic E-state index is 12.1. The fraction of sp³-hybridized carbons (Fsp3) is 0.364. The Kier molecular flexibility index (Phi) is 7.12. The summed E-state index contributed by atoms with van der Waals surface area (Å²) in [6.45, 7) is 0.875. The van der Waals surface area contributed by atoms with E-state index in [9.17, 15) is 9.59 Å². The predicted molar refractivity (Wildman–Crippen MR) is 112 cm³/mol. The number of hydrogen-bond donors (Lipinski definition) is 3. The van der Waals surface area contributed by atoms with E-state index in [0.29, 0.717) is 32.4 Å². The zero-order valence-corrected chi connectivity index (χ0v) is 16.5. The highest BCUT2D eigenvalue weighted by molar-refractivity contribution is 7.80. The van der Waals surface area contributed by atoms with E-state index in [1.807, 2.05) is 24.3 Å². The largest absolute Gasteiger partial charge is 0.480 e. The third-order valence-corrected chi connectivity index (χ3v) is 5.42. The van der Waals surface area contributed by atoms with Crippen molar-refractivity contribution in [2.45, 2.75) is 31.2 Å². The van der Waals surface area contributed by atoms with Gasteiger partial charge in [-0.05, 0) is 41.6 Å². The molecule has 0 aromatic heterocycles. The Balaban J connectivity index is 1.46. The number of aliphatic carboxylic acids is 1. The van der Waals surface area contributed by atoms with E-state index in [1.54, 1.807) is 0 Å². The van der Waals surface area contributed by atoms with Crippen LogP contribution in [0.2, 0.25) is 0 Å². The number of fused-ring (bicyclic) bond motifs is 3. The number of nitrogens with one attached hydrogen (secondary N) is 1. The molecule has 2 aromatic carbocycles. The molecule has 0 amide bonds. The molecule has 0 heterocycles. The van der Waals surface area contributed by atoms with Crippen molar-refractivity contribution in [3.05, 3.63) is 59.7 Å². The van der Waals surface area contributed by atoms with Crippen LogP contribution < -0.4 is 5.32 Å². The summed E-state index contributed by atoms with van der Waals surface area (Å²) in [5.41, 5.74) is 4.82. The Morgan fingerprint density at radius 1 is 1.04 bits per heavy atom. The van der Waals surface area contributed by atoms with E-state index in [-0.39, 0.29) is 17.6 Å². The summed E-state index contributed by atoms with van der Waals surface area (Å²) < 4.78 is 5.56. The fourth-order valence-electron chi connectivity index (χ4n) is 3.59. The normalized spacial score (nSPS) is 13.6. The summed E-state index contributed by atoms with van der Waals surface area (Å²) in [5.74, 6) is -0.816. The van der Waals surface area contributed by atoms with E-state index in [0.717, 1.165) is 0 Å². The second-order valence-corrected chi connectivity index (χ2v) is 7.26. The Bertz CT molecular complexity index is 793. The zero-order chi connectivity index (χ0) is 19.9. The van der Waals surface area contributed by atoms with Gasteiger partial charge in [0.2, 0.25) is 0 Å². The number of rotatable bonds is 10. The van der Waals surface area contributed by atoms with Crippen LogP contribution in [0.4, 0.5) is 0 Å². The highest BCUT2D eigenvalue weighted by atomic mass is 32.1. The lowest BCUT2D eigenvalue weighted by molar-refractivity contribution is -0.144. The molecule has 2 N–H and O–H groups in total. The SMILES string of the molecule is O=C(CCCCN[C@@H](CS)C(=O)O)OCC1c2ccccc2-c2ccccc21. The van der Waals surface area contributed by atoms with E-state index in [2.05, 4.69) is 42.2 Å². The summed E-state index contributed by atoms with van der Waals surface area (Å²) in [6, 6.07) is 15.8. The van der Waals surface area contributed by atoms with Gasteiger partial charge in [-0.25, -0.2) is 0 Å². The standard InChI is InChI=1S/C22H25NO4S/c24-21(11-5-6-12-23-20(14-28)22(25)26)27-13-19-17-9-3-1-7-15(17)16-8-2-4-10-18(16)19/h1-4,7-10,19-20,23,28H,5-6,11-14H2,(H,25,26)/t20-/m0/s1. The number of hydrogen-bond acceptors (Lipinski definition) is 5. The van der Waals surface area contributed by atoms with Gasteiger partial charge in [0, 0.05) is 18.1 Å². The highest BCUT2D eigenvalue weighted by Crippen LogP contribution is 2.44. The first-order chi connectivity index (χ1) is 13.6. The topological polar surface area (TPSA) is 75.6 Å². The molecule has 0 bridgehead atoms. The monoisotopic (exact) mass is 399 g/mol. The molecule has 0 fully saturated rings. The van der Waals surface area contributed by atoms with E-state index in [1.165, 1.54) is 22.3 Å². The molecule has 0 aliphatic heterocycles. The van der Waals surface area contributed by atoms with Gasteiger partial charge in [0.25, 0.3) is 0 Å². The maximum Gasteiger partial charge on any atom is 0.321 e. The quantitative estimate of drug-likeness (QED) is 0.324. The summed E-state index contributed by atoms with van der Waals surface area (Å²) in [4.78, 5) is 23.0. The molecule has 0 saturated carbocycles. The van der Waals surface area contributed by atoms with Gasteiger partial charge < -0.3 is 15.2 Å². The van der Waals surface area contributed by atoms with Gasteiger partial charge in [-0.15, -0.1) is 0 Å². The average Bonchev–Trinajstić information content (AvgIpc) is 3.02. The van der Waals surface area contributed by atoms with Crippen LogP contribution in [0.25, 0.3) is 11.1 Å². The molecule has 0 unspecified atom stereocenters. The van der Waals surface area contributed by atoms with E-state index < -0.39 is 12.0 Å². The van der Waals surface area contributed by atoms with Gasteiger partial charge in [-0.1, -0.05) is 48.5 Å². The number of esters is 1. The molecule has 5 nitrogen and oxygen atoms in total. The first-order valence-electron chi connectivity index (χ1n) is 9.52. The first kappa shape index (κ1) is 20.4. The minimum atomic E-state index is -0.911. The van der Waals surface area contributed by atoms with Crippen LogP contribution in [0, 0.1) is 0 Å². The van der Waals surface area contributed by atoms with Crippen molar-refractivity contribution in [2.75, 3.05) is 18.9 Å². The smallest absolute Gasteiger partial charge is 0.321 e. The van der Waals surface area contributed by atoms with Crippen molar-refractivity contribution >= 4 is 24.6 Å². The Labute approximate surface area is 170 Å². The van der Waals surface area contributed by atoms with Gasteiger partial charge >= 0.3 is 11.9 Å². The predicted octanol–water partition coefficient (Wildman–Crippen LogP) is 3.49. The molecule has 6 heteroatoms. The summed E-state index contributed by atoms with van der Waals surface area (Å²) in [6.07, 6.45) is 1.70. The van der Waals surface area contributed by atoms with Gasteiger partial charge in [0.15, 0.2) is 0 Å². The lowest BCUT2D eigenvalue weighted by Gasteiger charge is -2.14. The summed E-state index contributed by atoms with van der Waals surface area (Å²) in [5, 5.41) is 11.9. The molecule has 148 valence electrons. The third kappa shape index (κ3) is 4.75. The van der Waals surface area contributed by atoms with Crippen LogP contribution in [0.1, 0.15) is 36.3 Å². The van der Waals surface area contributed by atoms with Crippen molar-refractivity contribution < 1.29 is 19.4 Å². The molecule has 1 aliphatic rings. The molecular formula is C22H25NO4S. The molecule has 1 aliphatic carbocycles. The molecular weight excluding hydrogens is 374 g/mol. The van der Waals surface area contributed by atoms with Gasteiger partial charge in [-0.3, -0.25) is 9.59 Å². The second-order valence-electron chi connectivity index (χ2n) is 6.89. The number of carbonyl (C=O) groups excluding carboxylic acids is 1. The Morgan fingerprint density at radius 2 is 1.64 bits per heavy atom. The number of thiol groups is 1. The van der Waals surface area contributed by atoms with E-state index >= 15 is 0 Å². The Morgan fingerprint density at radius 3 is 2.21 bits per heavy atom. The van der Waals surface area contributed by atoms with Crippen molar-refractivity contribution in [1.82, 2.24) is 5.32 Å². The highest BCUT2D eigenvalue weighted by Gasteiger charge is 2.28. The fourth-order valence-corrected chi connectivity index (χ4v) is 3.87. The number of carbonyl (C=O) groups is 2. The zero-order valence-electron chi connectivity index (χ0n) is 15.6. The van der Waals surface area contributed by atoms with Crippen molar-refractivity contribution in [3.8, 4) is 11.1 Å². The minimum Gasteiger partial charge on any atom is -0.480 e. The number of benzene rings is 2. The van der Waals surface area contributed by atoms with Crippen LogP contribution >= 0.6 is 12.6 Å². The van der Waals surface area contributed by atoms with Crippen LogP contribution in [0.15, 0.2) is 48.5 Å². The lowest BCUT2D eigenvalue weighted by atomic mass is 9.98. The average molecular weight is 400 g/mol. The van der Waals surface area contributed by atoms with Crippen molar-refractivity contribution in [1.29, 1.82) is 0 Å². The van der Waals surface area contributed by atoms with Gasteiger partial charge in [-0.2, -0.15) is 12.6 Å². The van der Waals surface area contributed by atoms with Crippen LogP contribution in [-0.2, 0) is 14.3 Å². The lowest BCUT2D eigenvalue weighted by Crippen LogP contribution is -2.38. The van der Waals surface area contributed by atoms with Gasteiger partial charge in [0.1, 0.15) is 12.6 Å². The van der Waals surface area contributed by atoms with Crippen molar-refractivity contribution in [2.24, 2.45) is 0 Å². The van der Waals surface area contributed by atoms with Crippen LogP contribution in [0.5, 0.6) is 0 Å². The molecule has 0 spiro atoms. The number of unbranched alkanes of at least 4 members (excludes halogenated alkanes) is 1. The first-order valence-corrected chi connectivity index (χ1v) is 10.2.